The highest BCUT2D eigenvalue weighted by atomic mass is 32.1. The van der Waals surface area contributed by atoms with E-state index in [9.17, 15) is 4.79 Å². The number of nitrogens with zero attached hydrogens (tertiary/aromatic N) is 2. The van der Waals surface area contributed by atoms with E-state index in [0.717, 1.165) is 41.3 Å². The van der Waals surface area contributed by atoms with Crippen LogP contribution in [0.25, 0.3) is 10.6 Å². The first kappa shape index (κ1) is 15.2. The van der Waals surface area contributed by atoms with E-state index in [1.54, 1.807) is 11.3 Å². The van der Waals surface area contributed by atoms with E-state index in [1.165, 1.54) is 11.3 Å². The Kier molecular flexibility index (Phi) is 4.30. The van der Waals surface area contributed by atoms with Crippen molar-refractivity contribution in [1.29, 1.82) is 0 Å². The Morgan fingerprint density at radius 3 is 2.86 bits per heavy atom. The van der Waals surface area contributed by atoms with Crippen molar-refractivity contribution in [3.05, 3.63) is 40.4 Å². The van der Waals surface area contributed by atoms with Crippen molar-refractivity contribution in [3.8, 4) is 10.6 Å². The first-order chi connectivity index (χ1) is 10.5. The molecular formula is C18H22N2OS. The Bertz CT molecular complexity index is 673. The maximum atomic E-state index is 12.7. The van der Waals surface area contributed by atoms with Crippen molar-refractivity contribution in [3.63, 3.8) is 0 Å². The summed E-state index contributed by atoms with van der Waals surface area (Å²) in [7, 11) is 0. The van der Waals surface area contributed by atoms with E-state index in [2.05, 4.69) is 18.8 Å². The van der Waals surface area contributed by atoms with Gasteiger partial charge in [0.1, 0.15) is 5.01 Å². The highest BCUT2D eigenvalue weighted by Gasteiger charge is 2.22. The SMILES string of the molecule is Cc1nc(-c2cccc(C(=O)N3CCCC(C)C3)c2)sc1C. The topological polar surface area (TPSA) is 33.2 Å². The van der Waals surface area contributed by atoms with Gasteiger partial charge in [-0.25, -0.2) is 4.98 Å². The highest BCUT2D eigenvalue weighted by molar-refractivity contribution is 7.15. The van der Waals surface area contributed by atoms with Crippen LogP contribution in [0, 0.1) is 19.8 Å². The standard InChI is InChI=1S/C18H22N2OS/c1-12-6-5-9-20(11-12)18(21)16-8-4-7-15(10-16)17-19-13(2)14(3)22-17/h4,7-8,10,12H,5-6,9,11H2,1-3H3. The molecule has 1 aliphatic heterocycles. The highest BCUT2D eigenvalue weighted by Crippen LogP contribution is 2.28. The molecule has 3 rings (SSSR count). The molecule has 0 saturated carbocycles. The second-order valence-corrected chi connectivity index (χ2v) is 7.44. The average Bonchev–Trinajstić information content (AvgIpc) is 2.86. The molecule has 0 aliphatic carbocycles. The van der Waals surface area contributed by atoms with Gasteiger partial charge >= 0.3 is 0 Å². The van der Waals surface area contributed by atoms with Gasteiger partial charge in [0.2, 0.25) is 0 Å². The molecule has 1 fully saturated rings. The number of aromatic nitrogens is 1. The molecule has 1 saturated heterocycles. The lowest BCUT2D eigenvalue weighted by atomic mass is 9.99. The summed E-state index contributed by atoms with van der Waals surface area (Å²) in [6.07, 6.45) is 2.33. The smallest absolute Gasteiger partial charge is 0.253 e. The van der Waals surface area contributed by atoms with Crippen molar-refractivity contribution >= 4 is 17.2 Å². The van der Waals surface area contributed by atoms with Crippen molar-refractivity contribution in [2.45, 2.75) is 33.6 Å². The number of carbonyl (C=O) groups excluding carboxylic acids is 1. The number of carbonyl (C=O) groups is 1. The van der Waals surface area contributed by atoms with E-state index in [-0.39, 0.29) is 5.91 Å². The molecule has 0 N–H and O–H groups in total. The molecule has 116 valence electrons. The van der Waals surface area contributed by atoms with Gasteiger partial charge in [0.15, 0.2) is 0 Å². The summed E-state index contributed by atoms with van der Waals surface area (Å²) in [5, 5.41) is 0.997. The zero-order valence-electron chi connectivity index (χ0n) is 13.4. The molecule has 0 radical (unpaired) electrons. The summed E-state index contributed by atoms with van der Waals surface area (Å²) in [5.74, 6) is 0.753. The molecule has 0 spiro atoms. The van der Waals surface area contributed by atoms with Crippen molar-refractivity contribution < 1.29 is 4.79 Å². The summed E-state index contributed by atoms with van der Waals surface area (Å²) >= 11 is 1.69. The number of thiazole rings is 1. The third-order valence-corrected chi connectivity index (χ3v) is 5.45. The molecule has 1 aliphatic rings. The van der Waals surface area contributed by atoms with Crippen molar-refractivity contribution in [2.24, 2.45) is 5.92 Å². The van der Waals surface area contributed by atoms with E-state index < -0.39 is 0 Å². The molecular weight excluding hydrogens is 292 g/mol. The molecule has 22 heavy (non-hydrogen) atoms. The predicted octanol–water partition coefficient (Wildman–Crippen LogP) is 4.30. The molecule has 3 nitrogen and oxygen atoms in total. The van der Waals surface area contributed by atoms with Crippen LogP contribution in [-0.2, 0) is 0 Å². The average molecular weight is 314 g/mol. The number of amides is 1. The quantitative estimate of drug-likeness (QED) is 0.828. The number of benzene rings is 1. The van der Waals surface area contributed by atoms with Crippen LogP contribution < -0.4 is 0 Å². The molecule has 1 amide bonds. The monoisotopic (exact) mass is 314 g/mol. The van der Waals surface area contributed by atoms with Crippen LogP contribution in [0.1, 0.15) is 40.7 Å². The first-order valence-electron chi connectivity index (χ1n) is 7.88. The third kappa shape index (κ3) is 3.07. The van der Waals surface area contributed by atoms with Gasteiger partial charge in [-0.1, -0.05) is 19.1 Å². The number of hydrogen-bond donors (Lipinski definition) is 0. The molecule has 1 unspecified atom stereocenters. The van der Waals surface area contributed by atoms with Crippen LogP contribution in [0.3, 0.4) is 0 Å². The molecule has 1 aromatic carbocycles. The zero-order valence-corrected chi connectivity index (χ0v) is 14.2. The Hall–Kier alpha value is -1.68. The maximum Gasteiger partial charge on any atom is 0.253 e. The van der Waals surface area contributed by atoms with Crippen LogP contribution in [0.4, 0.5) is 0 Å². The maximum absolute atomic E-state index is 12.7. The lowest BCUT2D eigenvalue weighted by Gasteiger charge is -2.31. The second-order valence-electron chi connectivity index (χ2n) is 6.24. The molecule has 2 aromatic rings. The van der Waals surface area contributed by atoms with E-state index in [0.29, 0.717) is 5.92 Å². The number of piperidine rings is 1. The van der Waals surface area contributed by atoms with Gasteiger partial charge < -0.3 is 4.90 Å². The fourth-order valence-corrected chi connectivity index (χ4v) is 3.85. The fourth-order valence-electron chi connectivity index (χ4n) is 2.94. The van der Waals surface area contributed by atoms with Crippen molar-refractivity contribution in [1.82, 2.24) is 9.88 Å². The lowest BCUT2D eigenvalue weighted by molar-refractivity contribution is 0.0683. The number of hydrogen-bond acceptors (Lipinski definition) is 3. The Labute approximate surface area is 136 Å². The first-order valence-corrected chi connectivity index (χ1v) is 8.70. The number of aryl methyl sites for hydroxylation is 2. The van der Waals surface area contributed by atoms with Crippen LogP contribution in [0.5, 0.6) is 0 Å². The molecule has 0 bridgehead atoms. The molecule has 2 heterocycles. The van der Waals surface area contributed by atoms with Gasteiger partial charge in [0, 0.05) is 29.1 Å². The van der Waals surface area contributed by atoms with Gasteiger partial charge in [-0.15, -0.1) is 11.3 Å². The summed E-state index contributed by atoms with van der Waals surface area (Å²) in [4.78, 5) is 20.5. The molecule has 1 atom stereocenters. The predicted molar refractivity (Wildman–Crippen MR) is 91.3 cm³/mol. The normalized spacial score (nSPS) is 18.5. The van der Waals surface area contributed by atoms with Crippen LogP contribution in [-0.4, -0.2) is 28.9 Å². The van der Waals surface area contributed by atoms with Crippen LogP contribution in [0.15, 0.2) is 24.3 Å². The summed E-state index contributed by atoms with van der Waals surface area (Å²) in [6.45, 7) is 8.08. The van der Waals surface area contributed by atoms with Crippen LogP contribution in [0.2, 0.25) is 0 Å². The Balaban J connectivity index is 1.86. The van der Waals surface area contributed by atoms with Gasteiger partial charge in [-0.3, -0.25) is 4.79 Å². The second kappa shape index (κ2) is 6.21. The van der Waals surface area contributed by atoms with Gasteiger partial charge in [-0.2, -0.15) is 0 Å². The molecule has 4 heteroatoms. The summed E-state index contributed by atoms with van der Waals surface area (Å²) in [6, 6.07) is 7.90. The third-order valence-electron chi connectivity index (χ3n) is 4.33. The summed E-state index contributed by atoms with van der Waals surface area (Å²) < 4.78 is 0. The van der Waals surface area contributed by atoms with Crippen LogP contribution >= 0.6 is 11.3 Å². The fraction of sp³-hybridized carbons (Fsp3) is 0.444. The number of likely N-dealkylation sites (tertiary alicyclic amines) is 1. The van der Waals surface area contributed by atoms with Gasteiger partial charge in [0.05, 0.1) is 5.69 Å². The van der Waals surface area contributed by atoms with E-state index in [4.69, 9.17) is 0 Å². The minimum Gasteiger partial charge on any atom is -0.338 e. The number of rotatable bonds is 2. The van der Waals surface area contributed by atoms with Gasteiger partial charge in [0.25, 0.3) is 5.91 Å². The van der Waals surface area contributed by atoms with Gasteiger partial charge in [-0.05, 0) is 44.7 Å². The van der Waals surface area contributed by atoms with E-state index >= 15 is 0 Å². The Morgan fingerprint density at radius 2 is 2.18 bits per heavy atom. The Morgan fingerprint density at radius 1 is 1.36 bits per heavy atom. The summed E-state index contributed by atoms with van der Waals surface area (Å²) in [5.41, 5.74) is 2.88. The van der Waals surface area contributed by atoms with Crippen molar-refractivity contribution in [2.75, 3.05) is 13.1 Å². The lowest BCUT2D eigenvalue weighted by Crippen LogP contribution is -2.39. The molecule has 1 aromatic heterocycles. The van der Waals surface area contributed by atoms with E-state index in [1.807, 2.05) is 36.1 Å². The minimum atomic E-state index is 0.151. The largest absolute Gasteiger partial charge is 0.338 e. The minimum absolute atomic E-state index is 0.151. The zero-order chi connectivity index (χ0) is 15.7.